The van der Waals surface area contributed by atoms with Crippen molar-refractivity contribution in [1.82, 2.24) is 5.32 Å². The Labute approximate surface area is 124 Å². The molecular formula is C16H22N2O3. The Bertz CT molecular complexity index is 508. The van der Waals surface area contributed by atoms with E-state index in [1.54, 1.807) is 24.3 Å². The fourth-order valence-electron chi connectivity index (χ4n) is 2.77. The van der Waals surface area contributed by atoms with Crippen LogP contribution in [0.25, 0.3) is 0 Å². The highest BCUT2D eigenvalue weighted by Gasteiger charge is 2.43. The molecule has 114 valence electrons. The largest absolute Gasteiger partial charge is 0.480 e. The van der Waals surface area contributed by atoms with Crippen molar-refractivity contribution in [3.05, 3.63) is 35.9 Å². The van der Waals surface area contributed by atoms with Crippen molar-refractivity contribution < 1.29 is 14.7 Å². The molecular weight excluding hydrogens is 268 g/mol. The molecule has 1 saturated carbocycles. The zero-order valence-corrected chi connectivity index (χ0v) is 12.2. The Morgan fingerprint density at radius 1 is 1.29 bits per heavy atom. The third-order valence-electron chi connectivity index (χ3n) is 4.34. The Balaban J connectivity index is 2.10. The van der Waals surface area contributed by atoms with Crippen LogP contribution in [0.5, 0.6) is 0 Å². The molecule has 21 heavy (non-hydrogen) atoms. The van der Waals surface area contributed by atoms with Crippen LogP contribution in [0.3, 0.4) is 0 Å². The molecule has 0 aliphatic heterocycles. The molecule has 0 heterocycles. The number of rotatable bonds is 4. The molecule has 1 amide bonds. The van der Waals surface area contributed by atoms with Gasteiger partial charge >= 0.3 is 5.97 Å². The molecule has 1 aromatic carbocycles. The minimum atomic E-state index is -1.17. The summed E-state index contributed by atoms with van der Waals surface area (Å²) in [7, 11) is 0. The van der Waals surface area contributed by atoms with Crippen LogP contribution >= 0.6 is 0 Å². The second-order valence-corrected chi connectivity index (χ2v) is 5.95. The van der Waals surface area contributed by atoms with Crippen LogP contribution in [-0.2, 0) is 9.59 Å². The first-order valence-corrected chi connectivity index (χ1v) is 7.30. The summed E-state index contributed by atoms with van der Waals surface area (Å²) >= 11 is 0. The van der Waals surface area contributed by atoms with E-state index >= 15 is 0 Å². The molecule has 1 aliphatic carbocycles. The molecule has 0 spiro atoms. The van der Waals surface area contributed by atoms with Gasteiger partial charge in [-0.3, -0.25) is 4.79 Å². The van der Waals surface area contributed by atoms with Crippen molar-refractivity contribution in [1.29, 1.82) is 0 Å². The normalized spacial score (nSPS) is 26.9. The first-order chi connectivity index (χ1) is 9.94. The maximum atomic E-state index is 12.3. The molecule has 1 atom stereocenters. The monoisotopic (exact) mass is 290 g/mol. The van der Waals surface area contributed by atoms with Gasteiger partial charge in [-0.25, -0.2) is 4.79 Å². The Kier molecular flexibility index (Phi) is 4.63. The van der Waals surface area contributed by atoms with Crippen LogP contribution in [0, 0.1) is 5.92 Å². The van der Waals surface area contributed by atoms with Gasteiger partial charge in [0, 0.05) is 0 Å². The van der Waals surface area contributed by atoms with E-state index in [9.17, 15) is 14.7 Å². The summed E-state index contributed by atoms with van der Waals surface area (Å²) < 4.78 is 0. The molecule has 1 aliphatic rings. The van der Waals surface area contributed by atoms with Crippen molar-refractivity contribution in [2.45, 2.75) is 44.2 Å². The second kappa shape index (κ2) is 6.26. The zero-order valence-electron chi connectivity index (χ0n) is 12.2. The van der Waals surface area contributed by atoms with Crippen LogP contribution in [0.4, 0.5) is 0 Å². The van der Waals surface area contributed by atoms with E-state index in [1.165, 1.54) is 0 Å². The summed E-state index contributed by atoms with van der Waals surface area (Å²) in [6, 6.07) is 8.13. The minimum Gasteiger partial charge on any atom is -0.480 e. The summed E-state index contributed by atoms with van der Waals surface area (Å²) in [5.41, 5.74) is 5.45. The van der Waals surface area contributed by atoms with Crippen LogP contribution < -0.4 is 11.1 Å². The van der Waals surface area contributed by atoms with E-state index in [0.717, 1.165) is 12.8 Å². The third kappa shape index (κ3) is 3.42. The molecule has 4 N–H and O–H groups in total. The van der Waals surface area contributed by atoms with E-state index in [0.29, 0.717) is 24.3 Å². The Morgan fingerprint density at radius 3 is 2.38 bits per heavy atom. The molecule has 2 rings (SSSR count). The first-order valence-electron chi connectivity index (χ1n) is 7.30. The number of nitrogens with one attached hydrogen (secondary N) is 1. The molecule has 0 bridgehead atoms. The van der Waals surface area contributed by atoms with E-state index in [-0.39, 0.29) is 0 Å². The summed E-state index contributed by atoms with van der Waals surface area (Å²) in [6.07, 6.45) is 2.51. The predicted molar refractivity (Wildman–Crippen MR) is 79.5 cm³/mol. The van der Waals surface area contributed by atoms with Gasteiger partial charge in [-0.15, -0.1) is 0 Å². The van der Waals surface area contributed by atoms with Crippen molar-refractivity contribution in [2.24, 2.45) is 11.7 Å². The molecule has 5 nitrogen and oxygen atoms in total. The Hall–Kier alpha value is -1.88. The van der Waals surface area contributed by atoms with Gasteiger partial charge in [0.2, 0.25) is 5.91 Å². The van der Waals surface area contributed by atoms with Gasteiger partial charge in [-0.2, -0.15) is 0 Å². The average molecular weight is 290 g/mol. The number of carbonyl (C=O) groups is 2. The maximum Gasteiger partial charge on any atom is 0.329 e. The molecule has 0 radical (unpaired) electrons. The lowest BCUT2D eigenvalue weighted by molar-refractivity contribution is -0.150. The van der Waals surface area contributed by atoms with Gasteiger partial charge in [0.1, 0.15) is 11.6 Å². The van der Waals surface area contributed by atoms with Gasteiger partial charge in [-0.05, 0) is 37.2 Å². The highest BCUT2D eigenvalue weighted by Crippen LogP contribution is 2.32. The van der Waals surface area contributed by atoms with Gasteiger partial charge in [0.05, 0.1) is 0 Å². The summed E-state index contributed by atoms with van der Waals surface area (Å²) in [5.74, 6) is -0.904. The maximum absolute atomic E-state index is 12.3. The lowest BCUT2D eigenvalue weighted by Crippen LogP contribution is -2.57. The van der Waals surface area contributed by atoms with Crippen LogP contribution in [0.1, 0.15) is 44.2 Å². The number of carboxylic acids is 1. The van der Waals surface area contributed by atoms with Gasteiger partial charge in [0.15, 0.2) is 0 Å². The molecule has 0 unspecified atom stereocenters. The van der Waals surface area contributed by atoms with E-state index in [2.05, 4.69) is 12.2 Å². The summed E-state index contributed by atoms with van der Waals surface area (Å²) in [6.45, 7) is 2.10. The van der Waals surface area contributed by atoms with Crippen LogP contribution in [0.15, 0.2) is 30.3 Å². The Morgan fingerprint density at radius 2 is 1.86 bits per heavy atom. The lowest BCUT2D eigenvalue weighted by atomic mass is 9.77. The van der Waals surface area contributed by atoms with Gasteiger partial charge in [0.25, 0.3) is 0 Å². The lowest BCUT2D eigenvalue weighted by Gasteiger charge is -2.37. The number of amides is 1. The van der Waals surface area contributed by atoms with Crippen LogP contribution in [-0.4, -0.2) is 22.5 Å². The zero-order chi connectivity index (χ0) is 15.5. The number of benzene rings is 1. The average Bonchev–Trinajstić information content (AvgIpc) is 2.49. The third-order valence-corrected chi connectivity index (χ3v) is 4.34. The van der Waals surface area contributed by atoms with Gasteiger partial charge in [-0.1, -0.05) is 37.3 Å². The van der Waals surface area contributed by atoms with Crippen molar-refractivity contribution in [3.8, 4) is 0 Å². The molecule has 5 heteroatoms. The smallest absolute Gasteiger partial charge is 0.329 e. The number of carbonyl (C=O) groups excluding carboxylic acids is 1. The SMILES string of the molecule is CC1CCC(NC(=O)[C@H](N)c2ccccc2)(C(=O)O)CC1. The number of nitrogens with two attached hydrogens (primary N) is 1. The quantitative estimate of drug-likeness (QED) is 0.789. The van der Waals surface area contributed by atoms with E-state index in [1.807, 2.05) is 6.07 Å². The first kappa shape index (κ1) is 15.5. The topological polar surface area (TPSA) is 92.4 Å². The minimum absolute atomic E-state index is 0.432. The van der Waals surface area contributed by atoms with Crippen molar-refractivity contribution in [2.75, 3.05) is 0 Å². The molecule has 1 aromatic rings. The highest BCUT2D eigenvalue weighted by molar-refractivity contribution is 5.90. The van der Waals surface area contributed by atoms with Crippen molar-refractivity contribution >= 4 is 11.9 Å². The molecule has 0 aromatic heterocycles. The molecule has 0 saturated heterocycles. The number of carboxylic acid groups (broad SMARTS) is 1. The fourth-order valence-corrected chi connectivity index (χ4v) is 2.77. The molecule has 1 fully saturated rings. The number of hydrogen-bond donors (Lipinski definition) is 3. The van der Waals surface area contributed by atoms with Crippen LogP contribution in [0.2, 0.25) is 0 Å². The second-order valence-electron chi connectivity index (χ2n) is 5.95. The van der Waals surface area contributed by atoms with E-state index < -0.39 is 23.5 Å². The van der Waals surface area contributed by atoms with Gasteiger partial charge < -0.3 is 16.2 Å². The number of hydrogen-bond acceptors (Lipinski definition) is 3. The van der Waals surface area contributed by atoms with Crippen molar-refractivity contribution in [3.63, 3.8) is 0 Å². The standard InChI is InChI=1S/C16H22N2O3/c1-11-7-9-16(10-8-11,15(20)21)18-14(19)13(17)12-5-3-2-4-6-12/h2-6,11,13H,7-10,17H2,1H3,(H,18,19)(H,20,21)/t11?,13-,16?/m1/s1. The summed E-state index contributed by atoms with van der Waals surface area (Å²) in [5, 5.41) is 12.2. The highest BCUT2D eigenvalue weighted by atomic mass is 16.4. The summed E-state index contributed by atoms with van der Waals surface area (Å²) in [4.78, 5) is 23.9. The van der Waals surface area contributed by atoms with E-state index in [4.69, 9.17) is 5.73 Å². The predicted octanol–water partition coefficient (Wildman–Crippen LogP) is 1.84. The number of aliphatic carboxylic acids is 1. The fraction of sp³-hybridized carbons (Fsp3) is 0.500.